The lowest BCUT2D eigenvalue weighted by Gasteiger charge is -2.15. The lowest BCUT2D eigenvalue weighted by atomic mass is 10.2. The van der Waals surface area contributed by atoms with Crippen LogP contribution in [0.1, 0.15) is 21.5 Å². The van der Waals surface area contributed by atoms with Crippen LogP contribution in [-0.4, -0.2) is 28.3 Å². The third-order valence-electron chi connectivity index (χ3n) is 5.00. The second kappa shape index (κ2) is 11.5. The van der Waals surface area contributed by atoms with Gasteiger partial charge in [-0.2, -0.15) is 5.01 Å². The number of rotatable bonds is 7. The monoisotopic (exact) mass is 578 g/mol. The molecule has 1 N–H and O–H groups in total. The molecule has 0 spiro atoms. The third-order valence-corrected chi connectivity index (χ3v) is 7.14. The molecule has 3 aromatic rings. The van der Waals surface area contributed by atoms with E-state index in [-0.39, 0.29) is 10.9 Å². The summed E-state index contributed by atoms with van der Waals surface area (Å²) in [5.41, 5.74) is 4.34. The first-order valence-electron chi connectivity index (χ1n) is 10.3. The van der Waals surface area contributed by atoms with E-state index in [1.165, 1.54) is 7.11 Å². The Bertz CT molecular complexity index is 1380. The van der Waals surface area contributed by atoms with E-state index < -0.39 is 11.8 Å². The molecule has 184 valence electrons. The molecular weight excluding hydrogens is 563 g/mol. The van der Waals surface area contributed by atoms with E-state index in [0.717, 1.165) is 22.3 Å². The standard InChI is InChI=1S/C25H17Cl3N2O4S2/c1-33-21-10-14(2-9-20(21)34-13-16-5-8-18(27)12-19(16)28)11-22-24(32)30(25(35)36-22)29-23(31)15-3-6-17(26)7-4-15/h2-12H,13H2,1H3,(H,29,31)/b22-11-. The van der Waals surface area contributed by atoms with Crippen molar-refractivity contribution in [1.29, 1.82) is 0 Å². The van der Waals surface area contributed by atoms with Crippen LogP contribution >= 0.6 is 58.8 Å². The number of nitrogens with zero attached hydrogens (tertiary/aromatic N) is 1. The van der Waals surface area contributed by atoms with Gasteiger partial charge in [0.2, 0.25) is 0 Å². The van der Waals surface area contributed by atoms with Crippen LogP contribution < -0.4 is 14.9 Å². The van der Waals surface area contributed by atoms with Gasteiger partial charge in [0.15, 0.2) is 15.8 Å². The van der Waals surface area contributed by atoms with Crippen LogP contribution in [0.3, 0.4) is 0 Å². The summed E-state index contributed by atoms with van der Waals surface area (Å²) in [4.78, 5) is 25.8. The summed E-state index contributed by atoms with van der Waals surface area (Å²) >= 11 is 24.4. The van der Waals surface area contributed by atoms with Crippen molar-refractivity contribution in [3.63, 3.8) is 0 Å². The molecule has 2 amide bonds. The minimum absolute atomic E-state index is 0.209. The summed E-state index contributed by atoms with van der Waals surface area (Å²) in [6.45, 7) is 0.220. The quantitative estimate of drug-likeness (QED) is 0.246. The molecule has 0 saturated carbocycles. The maximum atomic E-state index is 12.9. The molecule has 0 radical (unpaired) electrons. The van der Waals surface area contributed by atoms with Crippen molar-refractivity contribution >= 4 is 81.0 Å². The molecule has 1 fully saturated rings. The highest BCUT2D eigenvalue weighted by molar-refractivity contribution is 8.26. The summed E-state index contributed by atoms with van der Waals surface area (Å²) in [6, 6.07) is 16.7. The number of thioether (sulfide) groups is 1. The fourth-order valence-electron chi connectivity index (χ4n) is 3.17. The number of halogens is 3. The Kier molecular flexibility index (Phi) is 8.43. The molecule has 0 aliphatic carbocycles. The normalized spacial score (nSPS) is 14.3. The highest BCUT2D eigenvalue weighted by Gasteiger charge is 2.33. The predicted octanol–water partition coefficient (Wildman–Crippen LogP) is 6.78. The van der Waals surface area contributed by atoms with Gasteiger partial charge in [0.05, 0.1) is 12.0 Å². The van der Waals surface area contributed by atoms with Crippen LogP contribution in [0.2, 0.25) is 15.1 Å². The zero-order chi connectivity index (χ0) is 25.8. The number of nitrogens with one attached hydrogen (secondary N) is 1. The van der Waals surface area contributed by atoms with Gasteiger partial charge in [-0.05, 0) is 72.4 Å². The minimum atomic E-state index is -0.479. The molecular formula is C25H17Cl3N2O4S2. The van der Waals surface area contributed by atoms with Crippen LogP contribution in [0.15, 0.2) is 65.6 Å². The van der Waals surface area contributed by atoms with Crippen molar-refractivity contribution in [2.24, 2.45) is 0 Å². The molecule has 1 aliphatic rings. The molecule has 4 rings (SSSR count). The summed E-state index contributed by atoms with van der Waals surface area (Å²) in [5, 5.41) is 2.59. The highest BCUT2D eigenvalue weighted by Crippen LogP contribution is 2.35. The SMILES string of the molecule is COc1cc(/C=C2\SC(=S)N(NC(=O)c3ccc(Cl)cc3)C2=O)ccc1OCc1ccc(Cl)cc1Cl. The summed E-state index contributed by atoms with van der Waals surface area (Å²) in [7, 11) is 1.52. The molecule has 3 aromatic carbocycles. The molecule has 0 atom stereocenters. The molecule has 1 saturated heterocycles. The molecule has 1 aliphatic heterocycles. The summed E-state index contributed by atoms with van der Waals surface area (Å²) < 4.78 is 11.6. The van der Waals surface area contributed by atoms with Gasteiger partial charge in [0, 0.05) is 26.2 Å². The van der Waals surface area contributed by atoms with Gasteiger partial charge in [0.25, 0.3) is 11.8 Å². The average Bonchev–Trinajstić information content (AvgIpc) is 3.11. The largest absolute Gasteiger partial charge is 0.493 e. The number of hydrogen-bond acceptors (Lipinski definition) is 6. The van der Waals surface area contributed by atoms with Crippen molar-refractivity contribution in [2.75, 3.05) is 7.11 Å². The number of benzene rings is 3. The summed E-state index contributed by atoms with van der Waals surface area (Å²) in [5.74, 6) is 0.0564. The Morgan fingerprint density at radius 2 is 1.75 bits per heavy atom. The minimum Gasteiger partial charge on any atom is -0.493 e. The van der Waals surface area contributed by atoms with Crippen molar-refractivity contribution in [3.05, 3.63) is 97.3 Å². The molecule has 36 heavy (non-hydrogen) atoms. The van der Waals surface area contributed by atoms with Crippen molar-refractivity contribution < 1.29 is 19.1 Å². The van der Waals surface area contributed by atoms with E-state index in [4.69, 9.17) is 56.5 Å². The number of hydrazine groups is 1. The Morgan fingerprint density at radius 1 is 1.03 bits per heavy atom. The van der Waals surface area contributed by atoms with E-state index in [1.807, 2.05) is 0 Å². The number of thiocarbonyl (C=S) groups is 1. The Morgan fingerprint density at radius 3 is 2.44 bits per heavy atom. The maximum Gasteiger partial charge on any atom is 0.285 e. The van der Waals surface area contributed by atoms with Gasteiger partial charge >= 0.3 is 0 Å². The first-order chi connectivity index (χ1) is 17.2. The number of hydrogen-bond donors (Lipinski definition) is 1. The second-order valence-electron chi connectivity index (χ2n) is 7.40. The fourth-order valence-corrected chi connectivity index (χ4v) is 4.94. The van der Waals surface area contributed by atoms with E-state index in [9.17, 15) is 9.59 Å². The zero-order valence-corrected chi connectivity index (χ0v) is 22.5. The Balaban J connectivity index is 1.47. The smallest absolute Gasteiger partial charge is 0.285 e. The number of methoxy groups -OCH3 is 1. The first-order valence-corrected chi connectivity index (χ1v) is 12.7. The van der Waals surface area contributed by atoms with Crippen LogP contribution in [0.4, 0.5) is 0 Å². The van der Waals surface area contributed by atoms with E-state index >= 15 is 0 Å². The lowest BCUT2D eigenvalue weighted by molar-refractivity contribution is -0.123. The average molecular weight is 580 g/mol. The second-order valence-corrected chi connectivity index (χ2v) is 10.4. The van der Waals surface area contributed by atoms with Crippen LogP contribution in [0.5, 0.6) is 11.5 Å². The highest BCUT2D eigenvalue weighted by atomic mass is 35.5. The number of carbonyl (C=O) groups is 2. The molecule has 6 nitrogen and oxygen atoms in total. The van der Waals surface area contributed by atoms with Crippen molar-refractivity contribution in [3.8, 4) is 11.5 Å². The molecule has 11 heteroatoms. The van der Waals surface area contributed by atoms with Crippen molar-refractivity contribution in [2.45, 2.75) is 6.61 Å². The maximum absolute atomic E-state index is 12.9. The number of carbonyl (C=O) groups excluding carboxylic acids is 2. The molecule has 0 aromatic heterocycles. The van der Waals surface area contributed by atoms with Gasteiger partial charge in [-0.15, -0.1) is 0 Å². The Labute approximate surface area is 232 Å². The lowest BCUT2D eigenvalue weighted by Crippen LogP contribution is -2.44. The van der Waals surface area contributed by atoms with E-state index in [0.29, 0.717) is 42.6 Å². The molecule has 0 bridgehead atoms. The van der Waals surface area contributed by atoms with Crippen molar-refractivity contribution in [1.82, 2.24) is 10.4 Å². The Hall–Kier alpha value is -2.75. The predicted molar refractivity (Wildman–Crippen MR) is 148 cm³/mol. The van der Waals surface area contributed by atoms with Crippen LogP contribution in [0.25, 0.3) is 6.08 Å². The van der Waals surface area contributed by atoms with Gasteiger partial charge in [0.1, 0.15) is 6.61 Å². The number of ether oxygens (including phenoxy) is 2. The zero-order valence-electron chi connectivity index (χ0n) is 18.6. The number of amides is 2. The third kappa shape index (κ3) is 6.14. The molecule has 1 heterocycles. The van der Waals surface area contributed by atoms with Gasteiger partial charge in [-0.25, -0.2) is 0 Å². The topological polar surface area (TPSA) is 67.9 Å². The molecule has 0 unspecified atom stereocenters. The van der Waals surface area contributed by atoms with Crippen LogP contribution in [-0.2, 0) is 11.4 Å². The van der Waals surface area contributed by atoms with E-state index in [2.05, 4.69) is 5.43 Å². The van der Waals surface area contributed by atoms with Gasteiger partial charge in [-0.3, -0.25) is 15.0 Å². The fraction of sp³-hybridized carbons (Fsp3) is 0.0800. The summed E-state index contributed by atoms with van der Waals surface area (Å²) in [6.07, 6.45) is 1.66. The van der Waals surface area contributed by atoms with Crippen LogP contribution in [0, 0.1) is 0 Å². The van der Waals surface area contributed by atoms with Gasteiger partial charge < -0.3 is 9.47 Å². The van der Waals surface area contributed by atoms with E-state index in [1.54, 1.807) is 66.7 Å². The first kappa shape index (κ1) is 26.3. The van der Waals surface area contributed by atoms with Gasteiger partial charge in [-0.1, -0.05) is 58.7 Å².